The SMILES string of the molecule is COc1cc(OC)nc(N2CCN(c3ccc(-n4nc(C)cc4C)nn3)CC2)n1. The van der Waals surface area contributed by atoms with Crippen molar-refractivity contribution >= 4 is 11.8 Å². The smallest absolute Gasteiger partial charge is 0.232 e. The third kappa shape index (κ3) is 3.91. The van der Waals surface area contributed by atoms with Gasteiger partial charge in [0.25, 0.3) is 0 Å². The van der Waals surface area contributed by atoms with Crippen LogP contribution in [0.3, 0.4) is 0 Å². The number of hydrogen-bond donors (Lipinski definition) is 0. The first-order valence-electron chi connectivity index (χ1n) is 9.41. The van der Waals surface area contributed by atoms with Gasteiger partial charge in [0.2, 0.25) is 17.7 Å². The fourth-order valence-electron chi connectivity index (χ4n) is 3.34. The summed E-state index contributed by atoms with van der Waals surface area (Å²) < 4.78 is 12.3. The summed E-state index contributed by atoms with van der Waals surface area (Å²) in [5.41, 5.74) is 1.99. The van der Waals surface area contributed by atoms with E-state index in [2.05, 4.69) is 35.1 Å². The Balaban J connectivity index is 1.44. The summed E-state index contributed by atoms with van der Waals surface area (Å²) in [5, 5.41) is 13.2. The van der Waals surface area contributed by atoms with Crippen LogP contribution in [0.1, 0.15) is 11.4 Å². The van der Waals surface area contributed by atoms with E-state index in [1.807, 2.05) is 32.0 Å². The Morgan fingerprint density at radius 2 is 1.38 bits per heavy atom. The second-order valence-electron chi connectivity index (χ2n) is 6.82. The van der Waals surface area contributed by atoms with E-state index in [-0.39, 0.29) is 0 Å². The van der Waals surface area contributed by atoms with Crippen molar-refractivity contribution in [3.63, 3.8) is 0 Å². The number of anilines is 2. The molecular formula is C19H24N8O2. The fourth-order valence-corrected chi connectivity index (χ4v) is 3.34. The van der Waals surface area contributed by atoms with Gasteiger partial charge in [-0.1, -0.05) is 0 Å². The van der Waals surface area contributed by atoms with E-state index < -0.39 is 0 Å². The van der Waals surface area contributed by atoms with Gasteiger partial charge in [-0.05, 0) is 32.0 Å². The highest BCUT2D eigenvalue weighted by Crippen LogP contribution is 2.22. The Labute approximate surface area is 169 Å². The Bertz CT molecular complexity index is 958. The van der Waals surface area contributed by atoms with Crippen LogP contribution in [0.15, 0.2) is 24.3 Å². The largest absolute Gasteiger partial charge is 0.481 e. The van der Waals surface area contributed by atoms with Crippen LogP contribution in [0.25, 0.3) is 5.82 Å². The molecule has 0 radical (unpaired) electrons. The van der Waals surface area contributed by atoms with Crippen molar-refractivity contribution < 1.29 is 9.47 Å². The Morgan fingerprint density at radius 3 is 1.90 bits per heavy atom. The lowest BCUT2D eigenvalue weighted by Gasteiger charge is -2.35. The predicted octanol–water partition coefficient (Wildman–Crippen LogP) is 1.41. The molecule has 1 fully saturated rings. The summed E-state index contributed by atoms with van der Waals surface area (Å²) in [6, 6.07) is 7.62. The number of hydrogen-bond acceptors (Lipinski definition) is 9. The maximum Gasteiger partial charge on any atom is 0.232 e. The number of rotatable bonds is 5. The van der Waals surface area contributed by atoms with Crippen LogP contribution in [0.2, 0.25) is 0 Å². The molecule has 10 nitrogen and oxygen atoms in total. The van der Waals surface area contributed by atoms with Crippen molar-refractivity contribution in [2.24, 2.45) is 0 Å². The lowest BCUT2D eigenvalue weighted by molar-refractivity contribution is 0.371. The molecule has 0 amide bonds. The number of piperazine rings is 1. The minimum Gasteiger partial charge on any atom is -0.481 e. The standard InChI is InChI=1S/C19H24N8O2/c1-13-11-14(2)27(24-13)16-6-5-15(22-23-16)25-7-9-26(10-8-25)19-20-17(28-3)12-18(21-19)29-4/h5-6,11-12H,7-10H2,1-4H3. The van der Waals surface area contributed by atoms with Gasteiger partial charge in [0, 0.05) is 31.9 Å². The van der Waals surface area contributed by atoms with E-state index in [4.69, 9.17) is 9.47 Å². The molecule has 0 unspecified atom stereocenters. The molecule has 0 bridgehead atoms. The number of nitrogens with zero attached hydrogens (tertiary/aromatic N) is 8. The van der Waals surface area contributed by atoms with E-state index in [0.29, 0.717) is 17.7 Å². The van der Waals surface area contributed by atoms with Gasteiger partial charge in [-0.2, -0.15) is 15.1 Å². The van der Waals surface area contributed by atoms with Crippen molar-refractivity contribution in [2.45, 2.75) is 13.8 Å². The minimum absolute atomic E-state index is 0.486. The van der Waals surface area contributed by atoms with Crippen LogP contribution < -0.4 is 19.3 Å². The average molecular weight is 396 g/mol. The normalized spacial score (nSPS) is 14.2. The van der Waals surface area contributed by atoms with Crippen LogP contribution in [-0.2, 0) is 0 Å². The molecule has 0 saturated carbocycles. The van der Waals surface area contributed by atoms with Crippen LogP contribution in [-0.4, -0.2) is 70.3 Å². The van der Waals surface area contributed by atoms with Crippen molar-refractivity contribution in [3.8, 4) is 17.6 Å². The van der Waals surface area contributed by atoms with E-state index in [9.17, 15) is 0 Å². The number of ether oxygens (including phenoxy) is 2. The Kier molecular flexibility index (Phi) is 5.15. The molecule has 152 valence electrons. The molecule has 10 heteroatoms. The second kappa shape index (κ2) is 7.90. The molecule has 3 aromatic rings. The van der Waals surface area contributed by atoms with Gasteiger partial charge in [-0.25, -0.2) is 4.68 Å². The van der Waals surface area contributed by atoms with Gasteiger partial charge in [-0.15, -0.1) is 10.2 Å². The monoisotopic (exact) mass is 396 g/mol. The Hall–Kier alpha value is -3.43. The fraction of sp³-hybridized carbons (Fsp3) is 0.421. The van der Waals surface area contributed by atoms with Gasteiger partial charge in [0.15, 0.2) is 11.6 Å². The molecule has 0 atom stereocenters. The molecule has 1 saturated heterocycles. The maximum absolute atomic E-state index is 5.24. The highest BCUT2D eigenvalue weighted by atomic mass is 16.5. The lowest BCUT2D eigenvalue weighted by Crippen LogP contribution is -2.47. The lowest BCUT2D eigenvalue weighted by atomic mass is 10.3. The van der Waals surface area contributed by atoms with E-state index in [0.717, 1.165) is 49.2 Å². The molecule has 3 aromatic heterocycles. The van der Waals surface area contributed by atoms with Crippen LogP contribution in [0.4, 0.5) is 11.8 Å². The first-order valence-corrected chi connectivity index (χ1v) is 9.41. The maximum atomic E-state index is 5.24. The molecule has 0 spiro atoms. The molecule has 1 aliphatic heterocycles. The van der Waals surface area contributed by atoms with Crippen molar-refractivity contribution in [1.82, 2.24) is 29.9 Å². The van der Waals surface area contributed by atoms with Crippen LogP contribution in [0.5, 0.6) is 11.8 Å². The molecule has 4 heterocycles. The number of methoxy groups -OCH3 is 2. The van der Waals surface area contributed by atoms with Crippen molar-refractivity contribution in [1.29, 1.82) is 0 Å². The molecule has 1 aliphatic rings. The molecular weight excluding hydrogens is 372 g/mol. The summed E-state index contributed by atoms with van der Waals surface area (Å²) in [5.74, 6) is 3.14. The van der Waals surface area contributed by atoms with Crippen LogP contribution >= 0.6 is 0 Å². The minimum atomic E-state index is 0.486. The molecule has 0 aromatic carbocycles. The molecule has 0 aliphatic carbocycles. The third-order valence-electron chi connectivity index (χ3n) is 4.84. The summed E-state index contributed by atoms with van der Waals surface area (Å²) in [6.07, 6.45) is 0. The van der Waals surface area contributed by atoms with Gasteiger partial charge < -0.3 is 19.3 Å². The summed E-state index contributed by atoms with van der Waals surface area (Å²) in [7, 11) is 3.16. The number of aryl methyl sites for hydroxylation is 2. The number of aromatic nitrogens is 6. The molecule has 4 rings (SSSR count). The van der Waals surface area contributed by atoms with Gasteiger partial charge in [0.1, 0.15) is 0 Å². The summed E-state index contributed by atoms with van der Waals surface area (Å²) >= 11 is 0. The van der Waals surface area contributed by atoms with E-state index in [1.165, 1.54) is 0 Å². The zero-order valence-electron chi connectivity index (χ0n) is 17.0. The van der Waals surface area contributed by atoms with E-state index >= 15 is 0 Å². The second-order valence-corrected chi connectivity index (χ2v) is 6.82. The van der Waals surface area contributed by atoms with Crippen molar-refractivity contribution in [3.05, 3.63) is 35.7 Å². The molecule has 0 N–H and O–H groups in total. The zero-order chi connectivity index (χ0) is 20.4. The third-order valence-corrected chi connectivity index (χ3v) is 4.84. The predicted molar refractivity (Wildman–Crippen MR) is 108 cm³/mol. The van der Waals surface area contributed by atoms with Crippen molar-refractivity contribution in [2.75, 3.05) is 50.2 Å². The molecule has 29 heavy (non-hydrogen) atoms. The van der Waals surface area contributed by atoms with Crippen LogP contribution in [0, 0.1) is 13.8 Å². The summed E-state index contributed by atoms with van der Waals surface area (Å²) in [4.78, 5) is 13.2. The summed E-state index contributed by atoms with van der Waals surface area (Å²) in [6.45, 7) is 7.07. The first-order chi connectivity index (χ1) is 14.1. The quantitative estimate of drug-likeness (QED) is 0.634. The van der Waals surface area contributed by atoms with Gasteiger partial charge in [-0.3, -0.25) is 0 Å². The Morgan fingerprint density at radius 1 is 0.793 bits per heavy atom. The van der Waals surface area contributed by atoms with Gasteiger partial charge >= 0.3 is 0 Å². The topological polar surface area (TPSA) is 94.3 Å². The average Bonchev–Trinajstić information content (AvgIpc) is 3.11. The van der Waals surface area contributed by atoms with Gasteiger partial charge in [0.05, 0.1) is 26.0 Å². The van der Waals surface area contributed by atoms with E-state index in [1.54, 1.807) is 25.0 Å². The zero-order valence-corrected chi connectivity index (χ0v) is 17.0. The first kappa shape index (κ1) is 18.9. The highest BCUT2D eigenvalue weighted by Gasteiger charge is 2.22. The highest BCUT2D eigenvalue weighted by molar-refractivity contribution is 5.44.